The lowest BCUT2D eigenvalue weighted by molar-refractivity contribution is 0.344. The Hall–Kier alpha value is -2.55. The van der Waals surface area contributed by atoms with Crippen LogP contribution in [0, 0.1) is 0 Å². The first-order valence-corrected chi connectivity index (χ1v) is 11.1. The molecule has 1 aliphatic heterocycles. The summed E-state index contributed by atoms with van der Waals surface area (Å²) in [6.45, 7) is 0.824. The number of sulfonamides is 1. The molecule has 1 aliphatic rings. The highest BCUT2D eigenvalue weighted by molar-refractivity contribution is 7.89. The Bertz CT molecular complexity index is 1150. The van der Waals surface area contributed by atoms with Crippen LogP contribution in [0.15, 0.2) is 53.6 Å². The number of nitrogens with zero attached hydrogens (tertiary/aromatic N) is 3. The molecule has 152 valence electrons. The van der Waals surface area contributed by atoms with Crippen molar-refractivity contribution in [3.8, 4) is 28.4 Å². The molecule has 9 heteroatoms. The molecule has 2 heterocycles. The fraction of sp³-hybridized carbons (Fsp3) is 0.250. The molecule has 1 fully saturated rings. The third-order valence-corrected chi connectivity index (χ3v) is 7.26. The van der Waals surface area contributed by atoms with Crippen LogP contribution in [0.3, 0.4) is 0 Å². The molecule has 1 aromatic heterocycles. The minimum absolute atomic E-state index is 0.232. The van der Waals surface area contributed by atoms with Gasteiger partial charge in [-0.3, -0.25) is 0 Å². The zero-order valence-electron chi connectivity index (χ0n) is 15.5. The monoisotopic (exact) mass is 433 g/mol. The second-order valence-electron chi connectivity index (χ2n) is 6.88. The molecule has 0 radical (unpaired) electrons. The van der Waals surface area contributed by atoms with Gasteiger partial charge in [0.25, 0.3) is 0 Å². The number of piperidine rings is 1. The molecule has 0 saturated carbocycles. The minimum atomic E-state index is -3.89. The number of halogens is 1. The number of hydrogen-bond acceptors (Lipinski definition) is 5. The summed E-state index contributed by atoms with van der Waals surface area (Å²) >= 11 is 6.28. The maximum absolute atomic E-state index is 13.1. The molecule has 0 unspecified atom stereocenters. The van der Waals surface area contributed by atoms with Crippen molar-refractivity contribution in [2.45, 2.75) is 24.2 Å². The number of aromatic nitrogens is 2. The highest BCUT2D eigenvalue weighted by Crippen LogP contribution is 2.39. The SMILES string of the molecule is O=S(=O)(c1cc(-c2ccnn2-c2ccccc2Cl)c(O)cc1O)N1CCCCC1. The van der Waals surface area contributed by atoms with E-state index in [-0.39, 0.29) is 16.2 Å². The number of para-hydroxylation sites is 1. The van der Waals surface area contributed by atoms with E-state index in [1.165, 1.54) is 21.3 Å². The van der Waals surface area contributed by atoms with Gasteiger partial charge in [0.1, 0.15) is 16.4 Å². The van der Waals surface area contributed by atoms with Gasteiger partial charge in [0, 0.05) is 24.7 Å². The number of benzene rings is 2. The number of rotatable bonds is 4. The summed E-state index contributed by atoms with van der Waals surface area (Å²) in [4.78, 5) is -0.237. The average molecular weight is 434 g/mol. The van der Waals surface area contributed by atoms with Crippen molar-refractivity contribution in [1.29, 1.82) is 0 Å². The molecule has 0 aliphatic carbocycles. The Morgan fingerprint density at radius 3 is 2.41 bits per heavy atom. The second-order valence-corrected chi connectivity index (χ2v) is 9.20. The first-order chi connectivity index (χ1) is 13.9. The van der Waals surface area contributed by atoms with Crippen molar-refractivity contribution in [2.24, 2.45) is 0 Å². The Balaban J connectivity index is 1.85. The molecular formula is C20H20ClN3O4S. The van der Waals surface area contributed by atoms with E-state index in [2.05, 4.69) is 5.10 Å². The lowest BCUT2D eigenvalue weighted by Gasteiger charge is -2.26. The van der Waals surface area contributed by atoms with Gasteiger partial charge in [0.05, 0.1) is 22.6 Å². The molecule has 0 atom stereocenters. The van der Waals surface area contributed by atoms with Crippen LogP contribution in [0.1, 0.15) is 19.3 Å². The zero-order valence-corrected chi connectivity index (χ0v) is 17.1. The Morgan fingerprint density at radius 1 is 0.966 bits per heavy atom. The van der Waals surface area contributed by atoms with Gasteiger partial charge >= 0.3 is 0 Å². The van der Waals surface area contributed by atoms with E-state index in [1.807, 2.05) is 0 Å². The van der Waals surface area contributed by atoms with E-state index in [9.17, 15) is 18.6 Å². The predicted molar refractivity (Wildman–Crippen MR) is 110 cm³/mol. The van der Waals surface area contributed by atoms with Crippen LogP contribution in [0.2, 0.25) is 5.02 Å². The van der Waals surface area contributed by atoms with Crippen LogP contribution < -0.4 is 0 Å². The van der Waals surface area contributed by atoms with Crippen molar-refractivity contribution in [3.63, 3.8) is 0 Å². The molecular weight excluding hydrogens is 414 g/mol. The molecule has 0 spiro atoms. The normalized spacial score (nSPS) is 15.5. The number of phenols is 2. The van der Waals surface area contributed by atoms with Crippen LogP contribution >= 0.6 is 11.6 Å². The van der Waals surface area contributed by atoms with E-state index in [1.54, 1.807) is 30.3 Å². The van der Waals surface area contributed by atoms with Gasteiger partial charge < -0.3 is 10.2 Å². The standard InChI is InChI=1S/C20H20ClN3O4S/c21-15-6-2-3-7-17(15)24-16(8-9-22-24)14-12-20(19(26)13-18(14)25)29(27,28)23-10-4-1-5-11-23/h2-3,6-9,12-13,25-26H,1,4-5,10-11H2. The van der Waals surface area contributed by atoms with Crippen LogP contribution in [0.4, 0.5) is 0 Å². The summed E-state index contributed by atoms with van der Waals surface area (Å²) in [6.07, 6.45) is 4.08. The molecule has 7 nitrogen and oxygen atoms in total. The first-order valence-electron chi connectivity index (χ1n) is 9.25. The van der Waals surface area contributed by atoms with Crippen LogP contribution in [-0.4, -0.2) is 45.8 Å². The van der Waals surface area contributed by atoms with E-state index in [4.69, 9.17) is 11.6 Å². The summed E-state index contributed by atoms with van der Waals surface area (Å²) in [7, 11) is -3.89. The highest BCUT2D eigenvalue weighted by Gasteiger charge is 2.30. The van der Waals surface area contributed by atoms with E-state index in [0.29, 0.717) is 29.5 Å². The largest absolute Gasteiger partial charge is 0.507 e. The Labute approximate surface area is 173 Å². The van der Waals surface area contributed by atoms with Gasteiger partial charge in [0.15, 0.2) is 0 Å². The summed E-state index contributed by atoms with van der Waals surface area (Å²) in [5.41, 5.74) is 1.27. The van der Waals surface area contributed by atoms with Crippen molar-refractivity contribution in [2.75, 3.05) is 13.1 Å². The Kier molecular flexibility index (Phi) is 5.24. The van der Waals surface area contributed by atoms with Gasteiger partial charge in [0.2, 0.25) is 10.0 Å². The van der Waals surface area contributed by atoms with E-state index in [0.717, 1.165) is 25.3 Å². The van der Waals surface area contributed by atoms with Gasteiger partial charge in [-0.25, -0.2) is 13.1 Å². The van der Waals surface area contributed by atoms with E-state index < -0.39 is 15.8 Å². The van der Waals surface area contributed by atoms with Crippen molar-refractivity contribution >= 4 is 21.6 Å². The molecule has 3 aromatic rings. The molecule has 2 N–H and O–H groups in total. The van der Waals surface area contributed by atoms with Crippen molar-refractivity contribution in [3.05, 3.63) is 53.7 Å². The first kappa shape index (κ1) is 19.8. The number of phenolic OH excluding ortho intramolecular Hbond substituents is 2. The molecule has 2 aromatic carbocycles. The van der Waals surface area contributed by atoms with Gasteiger partial charge in [-0.1, -0.05) is 30.2 Å². The molecule has 4 rings (SSSR count). The van der Waals surface area contributed by atoms with Gasteiger partial charge in [-0.05, 0) is 37.1 Å². The predicted octanol–water partition coefficient (Wildman–Crippen LogP) is 3.78. The molecule has 0 bridgehead atoms. The molecule has 29 heavy (non-hydrogen) atoms. The summed E-state index contributed by atoms with van der Waals surface area (Å²) in [5.74, 6) is -0.741. The zero-order chi connectivity index (χ0) is 20.6. The van der Waals surface area contributed by atoms with E-state index >= 15 is 0 Å². The second kappa shape index (κ2) is 7.70. The fourth-order valence-electron chi connectivity index (χ4n) is 3.54. The van der Waals surface area contributed by atoms with Crippen LogP contribution in [0.25, 0.3) is 16.9 Å². The molecule has 1 saturated heterocycles. The summed E-state index contributed by atoms with van der Waals surface area (Å²) < 4.78 is 29.1. The maximum Gasteiger partial charge on any atom is 0.246 e. The minimum Gasteiger partial charge on any atom is -0.507 e. The number of aromatic hydroxyl groups is 2. The fourth-order valence-corrected chi connectivity index (χ4v) is 5.36. The highest BCUT2D eigenvalue weighted by atomic mass is 35.5. The third kappa shape index (κ3) is 3.59. The molecule has 0 amide bonds. The smallest absolute Gasteiger partial charge is 0.246 e. The topological polar surface area (TPSA) is 95.7 Å². The lowest BCUT2D eigenvalue weighted by Crippen LogP contribution is -2.35. The van der Waals surface area contributed by atoms with Crippen molar-refractivity contribution in [1.82, 2.24) is 14.1 Å². The van der Waals surface area contributed by atoms with Crippen LogP contribution in [0.5, 0.6) is 11.5 Å². The quantitative estimate of drug-likeness (QED) is 0.652. The number of hydrogen-bond donors (Lipinski definition) is 2. The third-order valence-electron chi connectivity index (χ3n) is 5.01. The lowest BCUT2D eigenvalue weighted by atomic mass is 10.1. The summed E-state index contributed by atoms with van der Waals surface area (Å²) in [5, 5.41) is 25.5. The average Bonchev–Trinajstić information content (AvgIpc) is 3.18. The Morgan fingerprint density at radius 2 is 1.69 bits per heavy atom. The summed E-state index contributed by atoms with van der Waals surface area (Å²) in [6, 6.07) is 11.1. The maximum atomic E-state index is 13.1. The van der Waals surface area contributed by atoms with Crippen LogP contribution in [-0.2, 0) is 10.0 Å². The van der Waals surface area contributed by atoms with Gasteiger partial charge in [-0.2, -0.15) is 9.40 Å². The van der Waals surface area contributed by atoms with Gasteiger partial charge in [-0.15, -0.1) is 0 Å². The van der Waals surface area contributed by atoms with Crippen molar-refractivity contribution < 1.29 is 18.6 Å².